The van der Waals surface area contributed by atoms with Crippen LogP contribution in [0.5, 0.6) is 5.75 Å². The molecule has 2 aromatic carbocycles. The standard InChI is InChI=1S/C19H20N2O3/c1-22-15-7-8-17-16(12-15)21-19(24-17)20-14-9-10-23-18(11-14)13-5-3-2-4-6-13/h2-8,12,14,18H,9-11H2,1H3,(H,20,21). The molecular formula is C19H20N2O3. The molecule has 0 bridgehead atoms. The smallest absolute Gasteiger partial charge is 0.295 e. The van der Waals surface area contributed by atoms with E-state index in [0.717, 1.165) is 36.3 Å². The molecule has 0 spiro atoms. The Hall–Kier alpha value is -2.53. The predicted octanol–water partition coefficient (Wildman–Crippen LogP) is 4.17. The minimum Gasteiger partial charge on any atom is -0.497 e. The minimum absolute atomic E-state index is 0.113. The van der Waals surface area contributed by atoms with Crippen LogP contribution in [0.3, 0.4) is 0 Å². The first-order valence-electron chi connectivity index (χ1n) is 8.19. The van der Waals surface area contributed by atoms with Crippen LogP contribution in [-0.2, 0) is 4.74 Å². The highest BCUT2D eigenvalue weighted by molar-refractivity contribution is 5.76. The van der Waals surface area contributed by atoms with Crippen LogP contribution in [-0.4, -0.2) is 24.7 Å². The van der Waals surface area contributed by atoms with Gasteiger partial charge in [0.25, 0.3) is 6.01 Å². The van der Waals surface area contributed by atoms with E-state index in [0.29, 0.717) is 6.01 Å². The fourth-order valence-corrected chi connectivity index (χ4v) is 3.10. The van der Waals surface area contributed by atoms with Crippen molar-refractivity contribution in [3.8, 4) is 5.75 Å². The molecule has 1 aromatic heterocycles. The lowest BCUT2D eigenvalue weighted by Gasteiger charge is -2.30. The van der Waals surface area contributed by atoms with Crippen LogP contribution in [0.1, 0.15) is 24.5 Å². The summed E-state index contributed by atoms with van der Waals surface area (Å²) in [4.78, 5) is 4.51. The second-order valence-corrected chi connectivity index (χ2v) is 5.99. The fourth-order valence-electron chi connectivity index (χ4n) is 3.10. The van der Waals surface area contributed by atoms with Crippen molar-refractivity contribution >= 4 is 17.1 Å². The number of hydrogen-bond donors (Lipinski definition) is 1. The highest BCUT2D eigenvalue weighted by Crippen LogP contribution is 2.30. The molecule has 0 amide bonds. The average Bonchev–Trinajstić information content (AvgIpc) is 3.04. The van der Waals surface area contributed by atoms with Gasteiger partial charge in [0.2, 0.25) is 0 Å². The highest BCUT2D eigenvalue weighted by atomic mass is 16.5. The molecule has 0 saturated carbocycles. The minimum atomic E-state index is 0.113. The van der Waals surface area contributed by atoms with Crippen molar-refractivity contribution in [3.05, 3.63) is 54.1 Å². The quantitative estimate of drug-likeness (QED) is 0.780. The first kappa shape index (κ1) is 15.0. The van der Waals surface area contributed by atoms with Crippen LogP contribution in [0.15, 0.2) is 52.9 Å². The molecule has 5 nitrogen and oxygen atoms in total. The molecule has 1 aliphatic rings. The van der Waals surface area contributed by atoms with Crippen LogP contribution >= 0.6 is 0 Å². The highest BCUT2D eigenvalue weighted by Gasteiger charge is 2.25. The van der Waals surface area contributed by atoms with Crippen molar-refractivity contribution < 1.29 is 13.9 Å². The van der Waals surface area contributed by atoms with Crippen LogP contribution in [0.4, 0.5) is 6.01 Å². The summed E-state index contributed by atoms with van der Waals surface area (Å²) < 4.78 is 16.9. The monoisotopic (exact) mass is 324 g/mol. The first-order valence-corrected chi connectivity index (χ1v) is 8.19. The zero-order chi connectivity index (χ0) is 16.4. The summed E-state index contributed by atoms with van der Waals surface area (Å²) in [6.07, 6.45) is 1.94. The Bertz CT molecular complexity index is 816. The number of rotatable bonds is 4. The zero-order valence-corrected chi connectivity index (χ0v) is 13.6. The zero-order valence-electron chi connectivity index (χ0n) is 13.6. The summed E-state index contributed by atoms with van der Waals surface area (Å²) in [5.74, 6) is 0.776. The Morgan fingerprint density at radius 3 is 2.88 bits per heavy atom. The Morgan fingerprint density at radius 1 is 1.17 bits per heavy atom. The summed E-state index contributed by atoms with van der Waals surface area (Å²) in [5, 5.41) is 3.41. The van der Waals surface area contributed by atoms with E-state index in [-0.39, 0.29) is 12.1 Å². The molecular weight excluding hydrogens is 304 g/mol. The van der Waals surface area contributed by atoms with Crippen molar-refractivity contribution in [2.45, 2.75) is 25.0 Å². The number of benzene rings is 2. The third-order valence-corrected chi connectivity index (χ3v) is 4.38. The fraction of sp³-hybridized carbons (Fsp3) is 0.316. The van der Waals surface area contributed by atoms with Crippen LogP contribution in [0, 0.1) is 0 Å². The maximum Gasteiger partial charge on any atom is 0.295 e. The molecule has 2 unspecified atom stereocenters. The van der Waals surface area contributed by atoms with E-state index in [1.54, 1.807) is 7.11 Å². The van der Waals surface area contributed by atoms with E-state index in [1.807, 2.05) is 36.4 Å². The number of aromatic nitrogens is 1. The van der Waals surface area contributed by atoms with E-state index in [2.05, 4.69) is 22.4 Å². The Morgan fingerprint density at radius 2 is 2.04 bits per heavy atom. The number of ether oxygens (including phenoxy) is 2. The second kappa shape index (κ2) is 6.53. The molecule has 1 fully saturated rings. The number of methoxy groups -OCH3 is 1. The molecule has 0 aliphatic carbocycles. The molecule has 0 radical (unpaired) electrons. The van der Waals surface area contributed by atoms with Crippen molar-refractivity contribution in [2.75, 3.05) is 19.0 Å². The van der Waals surface area contributed by atoms with Gasteiger partial charge in [-0.2, -0.15) is 4.98 Å². The van der Waals surface area contributed by atoms with Gasteiger partial charge in [-0.05, 0) is 30.5 Å². The summed E-state index contributed by atoms with van der Waals surface area (Å²) in [7, 11) is 1.65. The van der Waals surface area contributed by atoms with E-state index < -0.39 is 0 Å². The number of nitrogens with one attached hydrogen (secondary N) is 1. The van der Waals surface area contributed by atoms with Gasteiger partial charge < -0.3 is 19.2 Å². The Labute approximate surface area is 140 Å². The predicted molar refractivity (Wildman–Crippen MR) is 92.3 cm³/mol. The van der Waals surface area contributed by atoms with Crippen LogP contribution in [0.25, 0.3) is 11.1 Å². The van der Waals surface area contributed by atoms with Gasteiger partial charge in [0.05, 0.1) is 13.2 Å². The van der Waals surface area contributed by atoms with Gasteiger partial charge in [-0.25, -0.2) is 0 Å². The van der Waals surface area contributed by atoms with Crippen LogP contribution in [0.2, 0.25) is 0 Å². The number of hydrogen-bond acceptors (Lipinski definition) is 5. The van der Waals surface area contributed by atoms with Gasteiger partial charge >= 0.3 is 0 Å². The number of nitrogens with zero attached hydrogens (tertiary/aromatic N) is 1. The van der Waals surface area contributed by atoms with Gasteiger partial charge in [-0.3, -0.25) is 0 Å². The van der Waals surface area contributed by atoms with Gasteiger partial charge in [-0.15, -0.1) is 0 Å². The SMILES string of the molecule is COc1ccc2oc(NC3CCOC(c4ccccc4)C3)nc2c1. The summed E-state index contributed by atoms with van der Waals surface area (Å²) in [6, 6.07) is 16.8. The average molecular weight is 324 g/mol. The summed E-state index contributed by atoms with van der Waals surface area (Å²) in [5.41, 5.74) is 2.76. The third kappa shape index (κ3) is 3.08. The van der Waals surface area contributed by atoms with Gasteiger partial charge in [0.1, 0.15) is 11.3 Å². The first-order chi connectivity index (χ1) is 11.8. The van der Waals surface area contributed by atoms with E-state index >= 15 is 0 Å². The number of anilines is 1. The molecule has 4 rings (SSSR count). The number of oxazole rings is 1. The number of fused-ring (bicyclic) bond motifs is 1. The van der Waals surface area contributed by atoms with Crippen molar-refractivity contribution in [2.24, 2.45) is 0 Å². The summed E-state index contributed by atoms with van der Waals surface area (Å²) >= 11 is 0. The molecule has 1 saturated heterocycles. The van der Waals surface area contributed by atoms with E-state index in [4.69, 9.17) is 13.9 Å². The third-order valence-electron chi connectivity index (χ3n) is 4.38. The van der Waals surface area contributed by atoms with Gasteiger partial charge in [-0.1, -0.05) is 30.3 Å². The molecule has 1 aliphatic heterocycles. The molecule has 124 valence electrons. The second-order valence-electron chi connectivity index (χ2n) is 5.99. The maximum absolute atomic E-state index is 5.91. The van der Waals surface area contributed by atoms with Crippen LogP contribution < -0.4 is 10.1 Å². The lowest BCUT2D eigenvalue weighted by Crippen LogP contribution is -2.30. The van der Waals surface area contributed by atoms with Gasteiger partial charge in [0.15, 0.2) is 5.58 Å². The maximum atomic E-state index is 5.91. The van der Waals surface area contributed by atoms with E-state index in [9.17, 15) is 0 Å². The molecule has 3 aromatic rings. The molecule has 2 atom stereocenters. The molecule has 2 heterocycles. The molecule has 1 N–H and O–H groups in total. The van der Waals surface area contributed by atoms with Gasteiger partial charge in [0, 0.05) is 18.7 Å². The largest absolute Gasteiger partial charge is 0.497 e. The lowest BCUT2D eigenvalue weighted by atomic mass is 9.98. The molecule has 5 heteroatoms. The lowest BCUT2D eigenvalue weighted by molar-refractivity contribution is 0.00950. The Kier molecular flexibility index (Phi) is 4.09. The van der Waals surface area contributed by atoms with Crippen molar-refractivity contribution in [1.29, 1.82) is 0 Å². The Balaban J connectivity index is 1.48. The van der Waals surface area contributed by atoms with E-state index in [1.165, 1.54) is 5.56 Å². The summed E-state index contributed by atoms with van der Waals surface area (Å²) in [6.45, 7) is 0.727. The van der Waals surface area contributed by atoms with Crippen molar-refractivity contribution in [1.82, 2.24) is 4.98 Å². The molecule has 24 heavy (non-hydrogen) atoms. The normalized spacial score (nSPS) is 20.9. The topological polar surface area (TPSA) is 56.5 Å². The van der Waals surface area contributed by atoms with Crippen molar-refractivity contribution in [3.63, 3.8) is 0 Å².